The number of nitrogens with zero attached hydrogens (tertiary/aromatic N) is 2. The number of pyridine rings is 1. The Morgan fingerprint density at radius 3 is 2.74 bits per heavy atom. The number of primary amides is 1. The molecule has 2 rings (SSSR count). The fraction of sp³-hybridized carbons (Fsp3) is 0.538. The molecule has 0 saturated heterocycles. The molecule has 104 valence electrons. The van der Waals surface area contributed by atoms with E-state index in [1.165, 1.54) is 0 Å². The summed E-state index contributed by atoms with van der Waals surface area (Å²) in [4.78, 5) is 17.5. The Bertz CT molecular complexity index is 460. The predicted octanol–water partition coefficient (Wildman–Crippen LogP) is 1.43. The summed E-state index contributed by atoms with van der Waals surface area (Å²) in [6.07, 6.45) is 6.07. The highest BCUT2D eigenvalue weighted by molar-refractivity contribution is 6.33. The maximum Gasteiger partial charge on any atom is 0.237 e. The first-order valence-electron chi connectivity index (χ1n) is 6.52. The topological polar surface area (TPSA) is 85.2 Å². The lowest BCUT2D eigenvalue weighted by Gasteiger charge is -2.30. The molecule has 0 radical (unpaired) electrons. The third kappa shape index (κ3) is 3.16. The molecule has 6 heteroatoms. The molecule has 5 nitrogen and oxygen atoms in total. The lowest BCUT2D eigenvalue weighted by atomic mass is 10.2. The van der Waals surface area contributed by atoms with Crippen molar-refractivity contribution < 1.29 is 4.79 Å². The van der Waals surface area contributed by atoms with Gasteiger partial charge in [0.2, 0.25) is 5.91 Å². The monoisotopic (exact) mass is 282 g/mol. The SMILES string of the molecule is NCc1ccnc(N(CC(N)=O)C2CCCC2)c1Cl. The first-order valence-corrected chi connectivity index (χ1v) is 6.89. The number of aromatic nitrogens is 1. The van der Waals surface area contributed by atoms with Gasteiger partial charge >= 0.3 is 0 Å². The number of halogens is 1. The van der Waals surface area contributed by atoms with Gasteiger partial charge in [-0.25, -0.2) is 4.98 Å². The van der Waals surface area contributed by atoms with Crippen LogP contribution in [0.2, 0.25) is 5.02 Å². The number of hydrogen-bond acceptors (Lipinski definition) is 4. The second kappa shape index (κ2) is 6.21. The molecule has 0 unspecified atom stereocenters. The molecule has 0 aromatic carbocycles. The van der Waals surface area contributed by atoms with Crippen LogP contribution < -0.4 is 16.4 Å². The highest BCUT2D eigenvalue weighted by Crippen LogP contribution is 2.32. The molecule has 1 aromatic rings. The van der Waals surface area contributed by atoms with E-state index in [0.717, 1.165) is 31.2 Å². The van der Waals surface area contributed by atoms with E-state index in [9.17, 15) is 4.79 Å². The summed E-state index contributed by atoms with van der Waals surface area (Å²) in [6, 6.07) is 2.08. The van der Waals surface area contributed by atoms with Gasteiger partial charge in [0.1, 0.15) is 5.82 Å². The standard InChI is InChI=1S/C13H19ClN4O/c14-12-9(7-15)5-6-17-13(12)18(8-11(16)19)10-3-1-2-4-10/h5-6,10H,1-4,7-8,15H2,(H2,16,19). The van der Waals surface area contributed by atoms with Crippen molar-refractivity contribution >= 4 is 23.3 Å². The molecule has 19 heavy (non-hydrogen) atoms. The molecular weight excluding hydrogens is 264 g/mol. The first kappa shape index (κ1) is 14.1. The Morgan fingerprint density at radius 1 is 1.47 bits per heavy atom. The van der Waals surface area contributed by atoms with Crippen LogP contribution in [0.3, 0.4) is 0 Å². The van der Waals surface area contributed by atoms with E-state index in [1.807, 2.05) is 4.90 Å². The Kier molecular flexibility index (Phi) is 4.61. The van der Waals surface area contributed by atoms with Crippen LogP contribution in [0.15, 0.2) is 12.3 Å². The molecule has 1 aromatic heterocycles. The summed E-state index contributed by atoms with van der Waals surface area (Å²) < 4.78 is 0. The van der Waals surface area contributed by atoms with Crippen molar-refractivity contribution in [2.75, 3.05) is 11.4 Å². The van der Waals surface area contributed by atoms with Gasteiger partial charge in [-0.2, -0.15) is 0 Å². The number of carbonyl (C=O) groups is 1. The van der Waals surface area contributed by atoms with Crippen molar-refractivity contribution in [1.29, 1.82) is 0 Å². The summed E-state index contributed by atoms with van der Waals surface area (Å²) in [5.41, 5.74) is 11.8. The van der Waals surface area contributed by atoms with E-state index in [4.69, 9.17) is 23.1 Å². The van der Waals surface area contributed by atoms with Crippen LogP contribution in [0.1, 0.15) is 31.2 Å². The highest BCUT2D eigenvalue weighted by atomic mass is 35.5. The van der Waals surface area contributed by atoms with Crippen molar-refractivity contribution in [3.8, 4) is 0 Å². The summed E-state index contributed by atoms with van der Waals surface area (Å²) in [6.45, 7) is 0.495. The van der Waals surface area contributed by atoms with E-state index in [2.05, 4.69) is 4.98 Å². The quantitative estimate of drug-likeness (QED) is 0.855. The van der Waals surface area contributed by atoms with Crippen LogP contribution >= 0.6 is 11.6 Å². The summed E-state index contributed by atoms with van der Waals surface area (Å²) in [7, 11) is 0. The average molecular weight is 283 g/mol. The molecule has 1 aliphatic rings. The molecule has 0 spiro atoms. The molecule has 0 aliphatic heterocycles. The van der Waals surface area contributed by atoms with Crippen LogP contribution in [0.5, 0.6) is 0 Å². The number of carbonyl (C=O) groups excluding carboxylic acids is 1. The van der Waals surface area contributed by atoms with Gasteiger partial charge in [0.15, 0.2) is 0 Å². The molecule has 1 heterocycles. The van der Waals surface area contributed by atoms with Crippen LogP contribution in [0.4, 0.5) is 5.82 Å². The fourth-order valence-electron chi connectivity index (χ4n) is 2.59. The number of rotatable bonds is 5. The zero-order valence-corrected chi connectivity index (χ0v) is 11.6. The number of anilines is 1. The minimum absolute atomic E-state index is 0.144. The maximum absolute atomic E-state index is 11.3. The predicted molar refractivity (Wildman–Crippen MR) is 75.9 cm³/mol. The van der Waals surface area contributed by atoms with Gasteiger partial charge < -0.3 is 16.4 Å². The van der Waals surface area contributed by atoms with Gasteiger partial charge in [-0.15, -0.1) is 0 Å². The van der Waals surface area contributed by atoms with Crippen molar-refractivity contribution in [3.63, 3.8) is 0 Å². The minimum Gasteiger partial charge on any atom is -0.368 e. The van der Waals surface area contributed by atoms with E-state index in [-0.39, 0.29) is 18.5 Å². The Balaban J connectivity index is 2.34. The first-order chi connectivity index (χ1) is 9.13. The van der Waals surface area contributed by atoms with E-state index in [0.29, 0.717) is 17.4 Å². The van der Waals surface area contributed by atoms with Crippen LogP contribution in [0.25, 0.3) is 0 Å². The number of nitrogens with two attached hydrogens (primary N) is 2. The zero-order chi connectivity index (χ0) is 13.8. The van der Waals surface area contributed by atoms with Crippen molar-refractivity contribution in [2.45, 2.75) is 38.3 Å². The fourth-order valence-corrected chi connectivity index (χ4v) is 2.89. The van der Waals surface area contributed by atoms with Crippen LogP contribution in [0, 0.1) is 0 Å². The molecule has 1 amide bonds. The van der Waals surface area contributed by atoms with Gasteiger partial charge in [0, 0.05) is 18.8 Å². The third-order valence-electron chi connectivity index (χ3n) is 3.53. The van der Waals surface area contributed by atoms with E-state index >= 15 is 0 Å². The van der Waals surface area contributed by atoms with Crippen LogP contribution in [-0.4, -0.2) is 23.5 Å². The summed E-state index contributed by atoms with van der Waals surface area (Å²) in [5, 5.41) is 0.526. The Morgan fingerprint density at radius 2 is 2.16 bits per heavy atom. The molecule has 1 saturated carbocycles. The second-order valence-electron chi connectivity index (χ2n) is 4.84. The Labute approximate surface area is 117 Å². The van der Waals surface area contributed by atoms with Crippen molar-refractivity contribution in [3.05, 3.63) is 22.8 Å². The zero-order valence-electron chi connectivity index (χ0n) is 10.8. The molecular formula is C13H19ClN4O. The van der Waals surface area contributed by atoms with Gasteiger partial charge in [-0.3, -0.25) is 4.79 Å². The smallest absolute Gasteiger partial charge is 0.237 e. The van der Waals surface area contributed by atoms with Gasteiger partial charge in [0.25, 0.3) is 0 Å². The third-order valence-corrected chi connectivity index (χ3v) is 3.95. The van der Waals surface area contributed by atoms with Crippen LogP contribution in [-0.2, 0) is 11.3 Å². The molecule has 4 N–H and O–H groups in total. The number of hydrogen-bond donors (Lipinski definition) is 2. The lowest BCUT2D eigenvalue weighted by Crippen LogP contribution is -2.41. The van der Waals surface area contributed by atoms with Gasteiger partial charge in [-0.1, -0.05) is 24.4 Å². The molecule has 1 aliphatic carbocycles. The molecule has 0 atom stereocenters. The minimum atomic E-state index is -0.372. The molecule has 1 fully saturated rings. The highest BCUT2D eigenvalue weighted by Gasteiger charge is 2.27. The molecule has 0 bridgehead atoms. The van der Waals surface area contributed by atoms with Crippen molar-refractivity contribution in [1.82, 2.24) is 4.98 Å². The summed E-state index contributed by atoms with van der Waals surface area (Å²) in [5.74, 6) is 0.248. The largest absolute Gasteiger partial charge is 0.368 e. The second-order valence-corrected chi connectivity index (χ2v) is 5.22. The van der Waals surface area contributed by atoms with Crippen molar-refractivity contribution in [2.24, 2.45) is 11.5 Å². The number of amides is 1. The summed E-state index contributed by atoms with van der Waals surface area (Å²) >= 11 is 6.33. The maximum atomic E-state index is 11.3. The van der Waals surface area contributed by atoms with E-state index in [1.54, 1.807) is 12.3 Å². The Hall–Kier alpha value is -1.33. The van der Waals surface area contributed by atoms with Gasteiger partial charge in [0.05, 0.1) is 11.6 Å². The normalized spacial score (nSPS) is 15.7. The van der Waals surface area contributed by atoms with Gasteiger partial charge in [-0.05, 0) is 24.5 Å². The van der Waals surface area contributed by atoms with E-state index < -0.39 is 0 Å². The lowest BCUT2D eigenvalue weighted by molar-refractivity contribution is -0.116. The average Bonchev–Trinajstić information content (AvgIpc) is 2.90.